The maximum absolute atomic E-state index is 12.5. The highest BCUT2D eigenvalue weighted by molar-refractivity contribution is 5.89. The Morgan fingerprint density at radius 1 is 1.00 bits per heavy atom. The van der Waals surface area contributed by atoms with Crippen molar-refractivity contribution in [3.05, 3.63) is 78.4 Å². The zero-order chi connectivity index (χ0) is 21.8. The maximum atomic E-state index is 12.5. The summed E-state index contributed by atoms with van der Waals surface area (Å²) in [5.74, 6) is 0.261. The lowest BCUT2D eigenvalue weighted by atomic mass is 10.1. The van der Waals surface area contributed by atoms with Gasteiger partial charge in [-0.15, -0.1) is 0 Å². The van der Waals surface area contributed by atoms with E-state index in [1.165, 1.54) is 0 Å². The molecule has 4 aromatic heterocycles. The minimum atomic E-state index is -0.196. The maximum Gasteiger partial charge on any atom is 0.245 e. The summed E-state index contributed by atoms with van der Waals surface area (Å²) in [5, 5.41) is 11.6. The zero-order valence-corrected chi connectivity index (χ0v) is 17.1. The molecule has 0 fully saturated rings. The number of nitrogens with one attached hydrogen (secondary N) is 1. The molecule has 0 spiro atoms. The van der Waals surface area contributed by atoms with Gasteiger partial charge in [-0.3, -0.25) is 9.78 Å². The van der Waals surface area contributed by atoms with Crippen LogP contribution in [0.2, 0.25) is 0 Å². The number of anilines is 1. The standard InChI is InChI=1S/C23H19N7O/c1-15-9-17(7-8-25-15)23-16(2)30(14-28-23)13-22(31)29-21-6-4-19(12-27-21)18-3-5-20(10-24)26-11-18/h3-9,11-12,14H,13H2,1-2H3,(H,27,29,31). The number of hydrogen-bond donors (Lipinski definition) is 1. The summed E-state index contributed by atoms with van der Waals surface area (Å²) in [5.41, 5.74) is 5.66. The predicted molar refractivity (Wildman–Crippen MR) is 116 cm³/mol. The van der Waals surface area contributed by atoms with Gasteiger partial charge in [0.25, 0.3) is 0 Å². The van der Waals surface area contributed by atoms with Crippen LogP contribution in [0.4, 0.5) is 5.82 Å². The Kier molecular flexibility index (Phi) is 5.49. The van der Waals surface area contributed by atoms with Crippen molar-refractivity contribution in [2.24, 2.45) is 0 Å². The molecular weight excluding hydrogens is 390 g/mol. The van der Waals surface area contributed by atoms with Crippen LogP contribution in [0.15, 0.2) is 61.3 Å². The van der Waals surface area contributed by atoms with E-state index in [0.717, 1.165) is 33.8 Å². The lowest BCUT2D eigenvalue weighted by molar-refractivity contribution is -0.116. The molecule has 0 bridgehead atoms. The molecule has 0 aliphatic rings. The fourth-order valence-electron chi connectivity index (χ4n) is 3.19. The first-order chi connectivity index (χ1) is 15.0. The Bertz CT molecular complexity index is 1270. The minimum Gasteiger partial charge on any atom is -0.325 e. The summed E-state index contributed by atoms with van der Waals surface area (Å²) < 4.78 is 1.80. The molecular formula is C23H19N7O. The number of imidazole rings is 1. The van der Waals surface area contributed by atoms with E-state index in [1.807, 2.05) is 44.2 Å². The molecule has 4 heterocycles. The van der Waals surface area contributed by atoms with Gasteiger partial charge in [0.1, 0.15) is 24.1 Å². The number of carbonyl (C=O) groups is 1. The number of nitriles is 1. The number of pyridine rings is 3. The fraction of sp³-hybridized carbons (Fsp3) is 0.130. The third-order valence-electron chi connectivity index (χ3n) is 4.83. The van der Waals surface area contributed by atoms with E-state index in [4.69, 9.17) is 5.26 Å². The molecule has 4 aromatic rings. The highest BCUT2D eigenvalue weighted by Gasteiger charge is 2.12. The number of aromatic nitrogens is 5. The first-order valence-corrected chi connectivity index (χ1v) is 9.60. The molecule has 1 amide bonds. The quantitative estimate of drug-likeness (QED) is 0.540. The Morgan fingerprint density at radius 3 is 2.42 bits per heavy atom. The average molecular weight is 409 g/mol. The second kappa shape index (κ2) is 8.55. The molecule has 8 nitrogen and oxygen atoms in total. The lowest BCUT2D eigenvalue weighted by Crippen LogP contribution is -2.19. The molecule has 8 heteroatoms. The number of rotatable bonds is 5. The number of hydrogen-bond acceptors (Lipinski definition) is 6. The van der Waals surface area contributed by atoms with E-state index in [1.54, 1.807) is 41.6 Å². The Hall–Kier alpha value is -4.38. The van der Waals surface area contributed by atoms with Crippen LogP contribution < -0.4 is 5.32 Å². The normalized spacial score (nSPS) is 10.5. The van der Waals surface area contributed by atoms with E-state index in [-0.39, 0.29) is 12.5 Å². The van der Waals surface area contributed by atoms with Crippen molar-refractivity contribution < 1.29 is 4.79 Å². The van der Waals surface area contributed by atoms with Crippen molar-refractivity contribution in [2.45, 2.75) is 20.4 Å². The van der Waals surface area contributed by atoms with Crippen molar-refractivity contribution >= 4 is 11.7 Å². The van der Waals surface area contributed by atoms with Gasteiger partial charge in [0.05, 0.1) is 12.0 Å². The molecule has 1 N–H and O–H groups in total. The van der Waals surface area contributed by atoms with Crippen molar-refractivity contribution in [2.75, 3.05) is 5.32 Å². The van der Waals surface area contributed by atoms with E-state index in [2.05, 4.69) is 25.3 Å². The molecule has 0 saturated carbocycles. The van der Waals surface area contributed by atoms with Gasteiger partial charge in [-0.1, -0.05) is 0 Å². The monoisotopic (exact) mass is 409 g/mol. The molecule has 0 atom stereocenters. The van der Waals surface area contributed by atoms with Crippen LogP contribution in [-0.2, 0) is 11.3 Å². The summed E-state index contributed by atoms with van der Waals surface area (Å²) in [7, 11) is 0. The third-order valence-corrected chi connectivity index (χ3v) is 4.83. The second-order valence-electron chi connectivity index (χ2n) is 7.02. The molecule has 0 aliphatic carbocycles. The van der Waals surface area contributed by atoms with Gasteiger partial charge in [-0.05, 0) is 50.2 Å². The molecule has 0 saturated heterocycles. The average Bonchev–Trinajstić information content (AvgIpc) is 3.14. The molecule has 0 aliphatic heterocycles. The summed E-state index contributed by atoms with van der Waals surface area (Å²) >= 11 is 0. The van der Waals surface area contributed by atoms with Gasteiger partial charge in [-0.25, -0.2) is 15.0 Å². The number of amides is 1. The van der Waals surface area contributed by atoms with Crippen molar-refractivity contribution in [1.82, 2.24) is 24.5 Å². The Labute approximate surface area is 179 Å². The highest BCUT2D eigenvalue weighted by atomic mass is 16.2. The first-order valence-electron chi connectivity index (χ1n) is 9.60. The zero-order valence-electron chi connectivity index (χ0n) is 17.1. The second-order valence-corrected chi connectivity index (χ2v) is 7.02. The van der Waals surface area contributed by atoms with E-state index >= 15 is 0 Å². The number of aryl methyl sites for hydroxylation is 1. The van der Waals surface area contributed by atoms with Crippen molar-refractivity contribution in [3.63, 3.8) is 0 Å². The highest BCUT2D eigenvalue weighted by Crippen LogP contribution is 2.22. The van der Waals surface area contributed by atoms with Crippen LogP contribution in [-0.4, -0.2) is 30.4 Å². The Morgan fingerprint density at radius 2 is 1.77 bits per heavy atom. The molecule has 31 heavy (non-hydrogen) atoms. The van der Waals surface area contributed by atoms with Crippen molar-refractivity contribution in [1.29, 1.82) is 5.26 Å². The number of carbonyl (C=O) groups excluding carboxylic acids is 1. The molecule has 0 unspecified atom stereocenters. The van der Waals surface area contributed by atoms with Crippen LogP contribution in [0.1, 0.15) is 17.1 Å². The SMILES string of the molecule is Cc1cc(-c2ncn(CC(=O)Nc3ccc(-c4ccc(C#N)nc4)cn3)c2C)ccn1. The fourth-order valence-corrected chi connectivity index (χ4v) is 3.19. The van der Waals surface area contributed by atoms with Crippen LogP contribution in [0.3, 0.4) is 0 Å². The van der Waals surface area contributed by atoms with Gasteiger partial charge < -0.3 is 9.88 Å². The minimum absolute atomic E-state index is 0.131. The first kappa shape index (κ1) is 19.9. The van der Waals surface area contributed by atoms with Gasteiger partial charge in [-0.2, -0.15) is 5.26 Å². The largest absolute Gasteiger partial charge is 0.325 e. The van der Waals surface area contributed by atoms with Crippen LogP contribution >= 0.6 is 0 Å². The van der Waals surface area contributed by atoms with E-state index in [0.29, 0.717) is 11.5 Å². The van der Waals surface area contributed by atoms with Gasteiger partial charge in [0, 0.05) is 46.7 Å². The van der Waals surface area contributed by atoms with E-state index in [9.17, 15) is 4.79 Å². The molecule has 4 rings (SSSR count). The lowest BCUT2D eigenvalue weighted by Gasteiger charge is -2.08. The molecule has 152 valence electrons. The van der Waals surface area contributed by atoms with Crippen molar-refractivity contribution in [3.8, 4) is 28.5 Å². The van der Waals surface area contributed by atoms with Gasteiger partial charge in [0.2, 0.25) is 5.91 Å². The predicted octanol–water partition coefficient (Wildman–Crippen LogP) is 3.53. The topological polar surface area (TPSA) is 109 Å². The van der Waals surface area contributed by atoms with Crippen LogP contribution in [0.25, 0.3) is 22.4 Å². The summed E-state index contributed by atoms with van der Waals surface area (Å²) in [6.07, 6.45) is 6.69. The third kappa shape index (κ3) is 4.46. The summed E-state index contributed by atoms with van der Waals surface area (Å²) in [6, 6.07) is 12.9. The van der Waals surface area contributed by atoms with Crippen LogP contribution in [0, 0.1) is 25.2 Å². The van der Waals surface area contributed by atoms with Gasteiger partial charge in [0.15, 0.2) is 0 Å². The molecule has 0 aromatic carbocycles. The smallest absolute Gasteiger partial charge is 0.245 e. The molecule has 0 radical (unpaired) electrons. The van der Waals surface area contributed by atoms with Gasteiger partial charge >= 0.3 is 0 Å². The van der Waals surface area contributed by atoms with Crippen LogP contribution in [0.5, 0.6) is 0 Å². The number of nitrogens with zero attached hydrogens (tertiary/aromatic N) is 6. The summed E-state index contributed by atoms with van der Waals surface area (Å²) in [4.78, 5) is 29.5. The van der Waals surface area contributed by atoms with E-state index < -0.39 is 0 Å². The summed E-state index contributed by atoms with van der Waals surface area (Å²) in [6.45, 7) is 4.00. The Balaban J connectivity index is 1.43.